The van der Waals surface area contributed by atoms with Crippen LogP contribution in [-0.2, 0) is 42.9 Å². The number of methoxy groups -OCH3 is 1. The van der Waals surface area contributed by atoms with Gasteiger partial charge in [0.25, 0.3) is 0 Å². The number of esters is 4. The van der Waals surface area contributed by atoms with Crippen molar-refractivity contribution in [1.82, 2.24) is 0 Å². The third kappa shape index (κ3) is 6.87. The zero-order valence-corrected chi connectivity index (χ0v) is 13.0. The van der Waals surface area contributed by atoms with Crippen molar-refractivity contribution in [2.75, 3.05) is 7.11 Å². The summed E-state index contributed by atoms with van der Waals surface area (Å²) in [5, 5.41) is 9.89. The van der Waals surface area contributed by atoms with Crippen LogP contribution in [0.5, 0.6) is 0 Å². The zero-order chi connectivity index (χ0) is 18.2. The maximum Gasteiger partial charge on any atom is 0.338 e. The molecule has 23 heavy (non-hydrogen) atoms. The van der Waals surface area contributed by atoms with Gasteiger partial charge in [0.1, 0.15) is 0 Å². The van der Waals surface area contributed by atoms with Gasteiger partial charge in [-0.3, -0.25) is 19.2 Å². The molecule has 0 saturated carbocycles. The van der Waals surface area contributed by atoms with E-state index in [2.05, 4.69) is 9.47 Å². The molecule has 130 valence electrons. The van der Waals surface area contributed by atoms with Gasteiger partial charge < -0.3 is 24.1 Å². The van der Waals surface area contributed by atoms with Crippen molar-refractivity contribution in [2.24, 2.45) is 0 Å². The topological polar surface area (TPSA) is 143 Å². The van der Waals surface area contributed by atoms with E-state index in [1.54, 1.807) is 0 Å². The third-order valence-electron chi connectivity index (χ3n) is 2.44. The van der Waals surface area contributed by atoms with Crippen molar-refractivity contribution < 1.29 is 48.0 Å². The Labute approximate surface area is 131 Å². The van der Waals surface area contributed by atoms with Gasteiger partial charge in [-0.1, -0.05) is 0 Å². The normalized spacial score (nSPS) is 15.3. The standard InChI is InChI=1S/C13H18O10/c1-6(15)21-9(5-14)11(22-7(2)16)12(23-8(3)17)10(18)13(19)20-4/h5,9-12,18H,1-4H3/t9-,10+,11-,12-/m1/s1. The Kier molecular flexibility index (Phi) is 8.48. The zero-order valence-electron chi connectivity index (χ0n) is 13.0. The summed E-state index contributed by atoms with van der Waals surface area (Å²) in [7, 11) is 0.959. The third-order valence-corrected chi connectivity index (χ3v) is 2.44. The lowest BCUT2D eigenvalue weighted by Crippen LogP contribution is -2.53. The fourth-order valence-electron chi connectivity index (χ4n) is 1.63. The van der Waals surface area contributed by atoms with E-state index in [9.17, 15) is 29.1 Å². The minimum absolute atomic E-state index is 0.107. The first-order valence-corrected chi connectivity index (χ1v) is 6.36. The molecule has 0 radical (unpaired) electrons. The van der Waals surface area contributed by atoms with Gasteiger partial charge in [-0.2, -0.15) is 0 Å². The summed E-state index contributed by atoms with van der Waals surface area (Å²) in [6, 6.07) is 0. The SMILES string of the molecule is COC(=O)[C@@H](O)[C@@H](OC(C)=O)[C@H](OC(C)=O)[C@@H](C=O)OC(C)=O. The van der Waals surface area contributed by atoms with Crippen molar-refractivity contribution in [3.05, 3.63) is 0 Å². The Balaban J connectivity index is 5.72. The van der Waals surface area contributed by atoms with Crippen LogP contribution in [0.25, 0.3) is 0 Å². The molecule has 0 aliphatic rings. The summed E-state index contributed by atoms with van der Waals surface area (Å²) >= 11 is 0. The van der Waals surface area contributed by atoms with Gasteiger partial charge in [0.15, 0.2) is 30.7 Å². The molecule has 0 aromatic rings. The van der Waals surface area contributed by atoms with E-state index in [-0.39, 0.29) is 6.29 Å². The molecule has 0 rings (SSSR count). The Bertz CT molecular complexity index is 471. The van der Waals surface area contributed by atoms with Crippen molar-refractivity contribution in [2.45, 2.75) is 45.2 Å². The molecule has 0 amide bonds. The van der Waals surface area contributed by atoms with Gasteiger partial charge in [0.05, 0.1) is 7.11 Å². The number of hydrogen-bond donors (Lipinski definition) is 1. The van der Waals surface area contributed by atoms with Crippen LogP contribution in [0.2, 0.25) is 0 Å². The van der Waals surface area contributed by atoms with Crippen LogP contribution in [0.4, 0.5) is 0 Å². The van der Waals surface area contributed by atoms with Crippen molar-refractivity contribution in [1.29, 1.82) is 0 Å². The van der Waals surface area contributed by atoms with Gasteiger partial charge in [-0.05, 0) is 0 Å². The molecule has 10 heteroatoms. The van der Waals surface area contributed by atoms with Gasteiger partial charge in [0, 0.05) is 20.8 Å². The average Bonchev–Trinajstić information content (AvgIpc) is 2.46. The van der Waals surface area contributed by atoms with Crippen LogP contribution in [0.1, 0.15) is 20.8 Å². The lowest BCUT2D eigenvalue weighted by Gasteiger charge is -2.31. The van der Waals surface area contributed by atoms with Crippen LogP contribution in [0, 0.1) is 0 Å². The second kappa shape index (κ2) is 9.51. The first kappa shape index (κ1) is 20.5. The van der Waals surface area contributed by atoms with Crippen molar-refractivity contribution in [3.63, 3.8) is 0 Å². The van der Waals surface area contributed by atoms with Crippen LogP contribution >= 0.6 is 0 Å². The monoisotopic (exact) mass is 334 g/mol. The van der Waals surface area contributed by atoms with Crippen LogP contribution < -0.4 is 0 Å². The van der Waals surface area contributed by atoms with Crippen molar-refractivity contribution in [3.8, 4) is 0 Å². The molecule has 0 spiro atoms. The molecule has 1 N–H and O–H groups in total. The molecule has 0 fully saturated rings. The fraction of sp³-hybridized carbons (Fsp3) is 0.615. The number of hydrogen-bond acceptors (Lipinski definition) is 10. The molecule has 0 heterocycles. The molecule has 10 nitrogen and oxygen atoms in total. The highest BCUT2D eigenvalue weighted by molar-refractivity contribution is 5.77. The smallest absolute Gasteiger partial charge is 0.338 e. The van der Waals surface area contributed by atoms with Crippen LogP contribution in [-0.4, -0.2) is 66.8 Å². The molecule has 0 aromatic carbocycles. The maximum atomic E-state index is 11.5. The lowest BCUT2D eigenvalue weighted by atomic mass is 10.0. The van der Waals surface area contributed by atoms with Gasteiger partial charge in [0.2, 0.25) is 0 Å². The molecule has 0 aromatic heterocycles. The van der Waals surface area contributed by atoms with Crippen molar-refractivity contribution >= 4 is 30.2 Å². The van der Waals surface area contributed by atoms with Crippen LogP contribution in [0.15, 0.2) is 0 Å². The molecule has 0 aliphatic heterocycles. The second-order valence-corrected chi connectivity index (χ2v) is 4.33. The second-order valence-electron chi connectivity index (χ2n) is 4.33. The summed E-state index contributed by atoms with van der Waals surface area (Å²) < 4.78 is 18.5. The molecule has 0 unspecified atom stereocenters. The maximum absolute atomic E-state index is 11.5. The van der Waals surface area contributed by atoms with Gasteiger partial charge >= 0.3 is 23.9 Å². The Morgan fingerprint density at radius 1 is 0.870 bits per heavy atom. The molecule has 0 aliphatic carbocycles. The number of rotatable bonds is 8. The predicted octanol–water partition coefficient (Wildman–Crippen LogP) is -1.49. The largest absolute Gasteiger partial charge is 0.467 e. The Morgan fingerprint density at radius 3 is 1.65 bits per heavy atom. The van der Waals surface area contributed by atoms with Gasteiger partial charge in [-0.25, -0.2) is 4.79 Å². The molecule has 0 bridgehead atoms. The highest BCUT2D eigenvalue weighted by Gasteiger charge is 2.44. The number of aliphatic hydroxyl groups is 1. The summed E-state index contributed by atoms with van der Waals surface area (Å²) in [5.74, 6) is -3.97. The summed E-state index contributed by atoms with van der Waals surface area (Å²) in [6.45, 7) is 2.92. The Hall–Kier alpha value is -2.49. The summed E-state index contributed by atoms with van der Waals surface area (Å²) in [4.78, 5) is 56.0. The quantitative estimate of drug-likeness (QED) is 0.317. The highest BCUT2D eigenvalue weighted by atomic mass is 16.6. The van der Waals surface area contributed by atoms with E-state index in [0.717, 1.165) is 27.9 Å². The van der Waals surface area contributed by atoms with E-state index in [0.29, 0.717) is 0 Å². The van der Waals surface area contributed by atoms with E-state index >= 15 is 0 Å². The Morgan fingerprint density at radius 2 is 1.30 bits per heavy atom. The predicted molar refractivity (Wildman–Crippen MR) is 70.7 cm³/mol. The minimum atomic E-state index is -2.08. The molecular weight excluding hydrogens is 316 g/mol. The van der Waals surface area contributed by atoms with Gasteiger partial charge in [-0.15, -0.1) is 0 Å². The number of aliphatic hydroxyl groups excluding tert-OH is 1. The molecular formula is C13H18O10. The van der Waals surface area contributed by atoms with E-state index in [1.807, 2.05) is 0 Å². The van der Waals surface area contributed by atoms with E-state index in [4.69, 9.17) is 9.47 Å². The number of carbonyl (C=O) groups is 5. The van der Waals surface area contributed by atoms with E-state index < -0.39 is 48.3 Å². The summed E-state index contributed by atoms with van der Waals surface area (Å²) in [6.07, 6.45) is -7.24. The minimum Gasteiger partial charge on any atom is -0.467 e. The lowest BCUT2D eigenvalue weighted by molar-refractivity contribution is -0.196. The fourth-order valence-corrected chi connectivity index (χ4v) is 1.63. The first-order valence-electron chi connectivity index (χ1n) is 6.36. The number of ether oxygens (including phenoxy) is 4. The number of aldehydes is 1. The highest BCUT2D eigenvalue weighted by Crippen LogP contribution is 2.17. The average molecular weight is 334 g/mol. The summed E-state index contributed by atoms with van der Waals surface area (Å²) in [5.41, 5.74) is 0. The molecule has 0 saturated heterocycles. The number of carbonyl (C=O) groups excluding carboxylic acids is 5. The van der Waals surface area contributed by atoms with E-state index in [1.165, 1.54) is 0 Å². The molecule has 4 atom stereocenters. The first-order chi connectivity index (χ1) is 10.6. The van der Waals surface area contributed by atoms with Crippen LogP contribution in [0.3, 0.4) is 0 Å².